The summed E-state index contributed by atoms with van der Waals surface area (Å²) in [6.07, 6.45) is 1.67. The average molecular weight is 495 g/mol. The first-order chi connectivity index (χ1) is 15.0. The average Bonchev–Trinajstić information content (AvgIpc) is 3.39. The first-order valence-electron chi connectivity index (χ1n) is 9.34. The van der Waals surface area contributed by atoms with E-state index in [1.807, 2.05) is 42.5 Å². The van der Waals surface area contributed by atoms with Crippen molar-refractivity contribution in [3.63, 3.8) is 0 Å². The number of nitrogens with zero attached hydrogens (tertiary/aromatic N) is 4. The van der Waals surface area contributed by atoms with Crippen LogP contribution in [0.2, 0.25) is 0 Å². The second kappa shape index (κ2) is 7.44. The van der Waals surface area contributed by atoms with Crippen LogP contribution in [0.5, 0.6) is 5.75 Å². The van der Waals surface area contributed by atoms with Crippen molar-refractivity contribution in [3.8, 4) is 17.1 Å². The van der Waals surface area contributed by atoms with Crippen LogP contribution in [0.15, 0.2) is 64.4 Å². The fourth-order valence-corrected chi connectivity index (χ4v) is 4.83. The quantitative estimate of drug-likeness (QED) is 0.407. The van der Waals surface area contributed by atoms with Crippen LogP contribution in [0.25, 0.3) is 21.9 Å². The minimum absolute atomic E-state index is 0.218. The molecule has 0 saturated carbocycles. The van der Waals surface area contributed by atoms with Gasteiger partial charge in [0.25, 0.3) is 11.5 Å². The number of benzene rings is 2. The van der Waals surface area contributed by atoms with Crippen LogP contribution in [0.1, 0.15) is 5.56 Å². The van der Waals surface area contributed by atoms with Gasteiger partial charge in [-0.1, -0.05) is 39.9 Å². The van der Waals surface area contributed by atoms with Crippen molar-refractivity contribution in [1.29, 1.82) is 0 Å². The zero-order valence-corrected chi connectivity index (χ0v) is 18.7. The molecular weight excluding hydrogens is 480 g/mol. The number of ether oxygens (including phenoxy) is 1. The lowest BCUT2D eigenvalue weighted by Gasteiger charge is -2.08. The van der Waals surface area contributed by atoms with Crippen LogP contribution in [-0.4, -0.2) is 34.2 Å². The monoisotopic (exact) mass is 494 g/mol. The normalized spacial score (nSPS) is 14.9. The first-order valence-corrected chi connectivity index (χ1v) is 10.9. The smallest absolute Gasteiger partial charge is 0.291 e. The van der Waals surface area contributed by atoms with Gasteiger partial charge in [-0.25, -0.2) is 0 Å². The molecule has 0 radical (unpaired) electrons. The molecule has 1 aliphatic heterocycles. The van der Waals surface area contributed by atoms with E-state index in [-0.39, 0.29) is 11.5 Å². The Balaban J connectivity index is 1.61. The van der Waals surface area contributed by atoms with E-state index >= 15 is 0 Å². The van der Waals surface area contributed by atoms with E-state index in [0.717, 1.165) is 21.3 Å². The third kappa shape index (κ3) is 3.17. The molecule has 5 rings (SSSR count). The van der Waals surface area contributed by atoms with E-state index < -0.39 is 0 Å². The number of carbonyl (C=O) groups is 1. The molecule has 0 aliphatic carbocycles. The Morgan fingerprint density at radius 1 is 1.19 bits per heavy atom. The SMILES string of the molecule is C=CCOc1ccc(-c2nc3s/c(=C4\C(=O)N(C)c5ccc(Br)cc54)c(=O)n3n2)cc1. The zero-order valence-electron chi connectivity index (χ0n) is 16.3. The molecule has 0 atom stereocenters. The van der Waals surface area contributed by atoms with E-state index in [4.69, 9.17) is 4.74 Å². The second-order valence-electron chi connectivity index (χ2n) is 6.89. The van der Waals surface area contributed by atoms with Gasteiger partial charge in [-0.2, -0.15) is 9.50 Å². The van der Waals surface area contributed by atoms with Gasteiger partial charge < -0.3 is 9.64 Å². The van der Waals surface area contributed by atoms with Crippen molar-refractivity contribution >= 4 is 49.4 Å². The standard InChI is InChI=1S/C22H15BrN4O3S/c1-3-10-30-14-7-4-12(5-8-14)19-24-22-27(25-19)21(29)18(31-22)17-15-11-13(23)6-9-16(15)26(2)20(17)28/h3-9,11H,1,10H2,2H3/b18-17-. The molecule has 0 fully saturated rings. The summed E-state index contributed by atoms with van der Waals surface area (Å²) in [6.45, 7) is 4.05. The number of anilines is 1. The van der Waals surface area contributed by atoms with Crippen molar-refractivity contribution in [3.05, 3.63) is 80.0 Å². The number of aromatic nitrogens is 3. The Bertz CT molecular complexity index is 1470. The Morgan fingerprint density at radius 3 is 2.68 bits per heavy atom. The minimum Gasteiger partial charge on any atom is -0.490 e. The molecule has 9 heteroatoms. The lowest BCUT2D eigenvalue weighted by Crippen LogP contribution is -2.30. The number of amides is 1. The number of carbonyl (C=O) groups excluding carboxylic acids is 1. The van der Waals surface area contributed by atoms with E-state index in [9.17, 15) is 9.59 Å². The highest BCUT2D eigenvalue weighted by atomic mass is 79.9. The summed E-state index contributed by atoms with van der Waals surface area (Å²) in [5.74, 6) is 0.930. The molecule has 1 amide bonds. The Hall–Kier alpha value is -3.30. The number of rotatable bonds is 4. The summed E-state index contributed by atoms with van der Waals surface area (Å²) in [5.41, 5.74) is 2.28. The molecule has 31 heavy (non-hydrogen) atoms. The van der Waals surface area contributed by atoms with E-state index in [0.29, 0.717) is 33.2 Å². The topological polar surface area (TPSA) is 76.8 Å². The highest BCUT2D eigenvalue weighted by Gasteiger charge is 2.32. The molecule has 0 spiro atoms. The molecule has 0 bridgehead atoms. The maximum absolute atomic E-state index is 13.1. The maximum Gasteiger partial charge on any atom is 0.291 e. The van der Waals surface area contributed by atoms with E-state index in [1.165, 1.54) is 15.9 Å². The third-order valence-corrected chi connectivity index (χ3v) is 6.50. The Morgan fingerprint density at radius 2 is 1.97 bits per heavy atom. The largest absolute Gasteiger partial charge is 0.490 e. The molecule has 0 N–H and O–H groups in total. The summed E-state index contributed by atoms with van der Waals surface area (Å²) < 4.78 is 7.91. The van der Waals surface area contributed by atoms with Crippen molar-refractivity contribution in [1.82, 2.24) is 14.6 Å². The van der Waals surface area contributed by atoms with Gasteiger partial charge in [-0.05, 0) is 42.5 Å². The van der Waals surface area contributed by atoms with Crippen LogP contribution in [0.3, 0.4) is 0 Å². The maximum atomic E-state index is 13.1. The molecule has 7 nitrogen and oxygen atoms in total. The molecule has 2 aromatic heterocycles. The van der Waals surface area contributed by atoms with Crippen LogP contribution >= 0.6 is 27.3 Å². The van der Waals surface area contributed by atoms with Gasteiger partial charge in [0.2, 0.25) is 4.96 Å². The number of fused-ring (bicyclic) bond motifs is 2. The highest BCUT2D eigenvalue weighted by Crippen LogP contribution is 2.36. The van der Waals surface area contributed by atoms with Crippen LogP contribution < -0.4 is 19.7 Å². The van der Waals surface area contributed by atoms with Gasteiger partial charge in [-0.15, -0.1) is 5.10 Å². The minimum atomic E-state index is -0.353. The molecular formula is C22H15BrN4O3S. The van der Waals surface area contributed by atoms with Crippen molar-refractivity contribution in [2.45, 2.75) is 0 Å². The van der Waals surface area contributed by atoms with Gasteiger partial charge >= 0.3 is 0 Å². The molecule has 4 aromatic rings. The van der Waals surface area contributed by atoms with Crippen molar-refractivity contribution in [2.24, 2.45) is 0 Å². The van der Waals surface area contributed by atoms with Crippen LogP contribution in [-0.2, 0) is 4.79 Å². The van der Waals surface area contributed by atoms with Gasteiger partial charge in [0, 0.05) is 22.6 Å². The second-order valence-corrected chi connectivity index (χ2v) is 8.78. The van der Waals surface area contributed by atoms with Crippen molar-refractivity contribution in [2.75, 3.05) is 18.6 Å². The van der Waals surface area contributed by atoms with Crippen LogP contribution in [0, 0.1) is 0 Å². The number of thiazole rings is 1. The predicted octanol–water partition coefficient (Wildman–Crippen LogP) is 3.04. The number of hydrogen-bond donors (Lipinski definition) is 0. The van der Waals surface area contributed by atoms with Crippen molar-refractivity contribution < 1.29 is 9.53 Å². The zero-order chi connectivity index (χ0) is 21.7. The van der Waals surface area contributed by atoms with Gasteiger partial charge in [0.1, 0.15) is 16.9 Å². The third-order valence-electron chi connectivity index (χ3n) is 4.97. The predicted molar refractivity (Wildman–Crippen MR) is 124 cm³/mol. The summed E-state index contributed by atoms with van der Waals surface area (Å²) in [5, 5.41) is 4.38. The fraction of sp³-hybridized carbons (Fsp3) is 0.0909. The Kier molecular flexibility index (Phi) is 4.71. The van der Waals surface area contributed by atoms with Gasteiger partial charge in [0.05, 0.1) is 11.3 Å². The lowest BCUT2D eigenvalue weighted by atomic mass is 10.1. The molecule has 2 aromatic carbocycles. The summed E-state index contributed by atoms with van der Waals surface area (Å²) in [6, 6.07) is 12.9. The molecule has 1 aliphatic rings. The number of hydrogen-bond acceptors (Lipinski definition) is 6. The summed E-state index contributed by atoms with van der Waals surface area (Å²) >= 11 is 4.61. The highest BCUT2D eigenvalue weighted by molar-refractivity contribution is 9.10. The van der Waals surface area contributed by atoms with Gasteiger partial charge in [0.15, 0.2) is 5.82 Å². The molecule has 3 heterocycles. The number of halogens is 1. The fourth-order valence-electron chi connectivity index (χ4n) is 3.48. The molecule has 0 unspecified atom stereocenters. The van der Waals surface area contributed by atoms with E-state index in [1.54, 1.807) is 18.0 Å². The first kappa shape index (κ1) is 19.7. The molecule has 0 saturated heterocycles. The van der Waals surface area contributed by atoms with E-state index in [2.05, 4.69) is 32.6 Å². The summed E-state index contributed by atoms with van der Waals surface area (Å²) in [7, 11) is 1.70. The molecule has 154 valence electrons. The summed E-state index contributed by atoms with van der Waals surface area (Å²) in [4.78, 5) is 32.5. The number of likely N-dealkylation sites (N-methyl/N-ethyl adjacent to an activating group) is 1. The van der Waals surface area contributed by atoms with Crippen LogP contribution in [0.4, 0.5) is 5.69 Å². The Labute approximate surface area is 189 Å². The van der Waals surface area contributed by atoms with Gasteiger partial charge in [-0.3, -0.25) is 9.59 Å². The lowest BCUT2D eigenvalue weighted by molar-refractivity contribution is -0.112.